The number of anilines is 1. The van der Waals surface area contributed by atoms with Crippen molar-refractivity contribution in [1.82, 2.24) is 10.2 Å². The number of piperazine rings is 1. The van der Waals surface area contributed by atoms with Crippen LogP contribution in [0.15, 0.2) is 60.0 Å². The second-order valence-electron chi connectivity index (χ2n) is 8.51. The number of nitrogens with one attached hydrogen (secondary N) is 1. The molecule has 1 N–H and O–H groups in total. The Hall–Kier alpha value is -3.23. The standard InChI is InChI=1S/C26H29N3O4S/c1-18(27-26(30)19-5-10-22-23(16-19)33-17-32-22)25(24-4-3-15-34-24)29-13-11-28(12-14-29)20-6-8-21(31-2)9-7-20/h3-10,15-16,18,25H,11-14,17H2,1-2H3,(H,27,30)/t18-,25-/m0/s1. The molecule has 2 aliphatic heterocycles. The van der Waals surface area contributed by atoms with E-state index in [9.17, 15) is 4.79 Å². The van der Waals surface area contributed by atoms with Crippen molar-refractivity contribution < 1.29 is 19.0 Å². The number of hydrogen-bond donors (Lipinski definition) is 1. The number of nitrogens with zero attached hydrogens (tertiary/aromatic N) is 2. The third-order valence-electron chi connectivity index (χ3n) is 6.45. The summed E-state index contributed by atoms with van der Waals surface area (Å²) in [5, 5.41) is 5.33. The molecule has 7 nitrogen and oxygen atoms in total. The topological polar surface area (TPSA) is 63.3 Å². The minimum absolute atomic E-state index is 0.0656. The van der Waals surface area contributed by atoms with Crippen molar-refractivity contribution in [2.45, 2.75) is 19.0 Å². The smallest absolute Gasteiger partial charge is 0.251 e. The van der Waals surface area contributed by atoms with E-state index in [1.807, 2.05) is 12.1 Å². The molecule has 0 unspecified atom stereocenters. The molecule has 3 aromatic rings. The Bertz CT molecular complexity index is 1110. The highest BCUT2D eigenvalue weighted by molar-refractivity contribution is 7.10. The normalized spacial score (nSPS) is 17.3. The van der Waals surface area contributed by atoms with Crippen LogP contribution in [0, 0.1) is 0 Å². The Kier molecular flexibility index (Phi) is 6.60. The Labute approximate surface area is 203 Å². The van der Waals surface area contributed by atoms with Crippen LogP contribution >= 0.6 is 11.3 Å². The number of hydrogen-bond acceptors (Lipinski definition) is 7. The number of carbonyl (C=O) groups is 1. The summed E-state index contributed by atoms with van der Waals surface area (Å²) in [6.45, 7) is 5.97. The number of ether oxygens (including phenoxy) is 3. The molecule has 2 aromatic carbocycles. The molecule has 0 bridgehead atoms. The monoisotopic (exact) mass is 479 g/mol. The summed E-state index contributed by atoms with van der Waals surface area (Å²) >= 11 is 1.74. The van der Waals surface area contributed by atoms with Crippen LogP contribution in [0.2, 0.25) is 0 Å². The number of amides is 1. The Balaban J connectivity index is 1.27. The first-order valence-corrected chi connectivity index (χ1v) is 12.4. The molecule has 34 heavy (non-hydrogen) atoms. The maximum absolute atomic E-state index is 13.1. The van der Waals surface area contributed by atoms with Crippen molar-refractivity contribution in [3.63, 3.8) is 0 Å². The summed E-state index contributed by atoms with van der Waals surface area (Å²) in [4.78, 5) is 19.2. The van der Waals surface area contributed by atoms with E-state index in [1.54, 1.807) is 36.6 Å². The number of benzene rings is 2. The number of rotatable bonds is 7. The molecular formula is C26H29N3O4S. The Morgan fingerprint density at radius 3 is 2.50 bits per heavy atom. The highest BCUT2D eigenvalue weighted by Gasteiger charge is 2.31. The van der Waals surface area contributed by atoms with Crippen LogP contribution in [0.3, 0.4) is 0 Å². The van der Waals surface area contributed by atoms with E-state index < -0.39 is 0 Å². The average molecular weight is 480 g/mol. The molecule has 2 aliphatic rings. The van der Waals surface area contributed by atoms with E-state index >= 15 is 0 Å². The molecule has 0 saturated carbocycles. The molecule has 0 radical (unpaired) electrons. The lowest BCUT2D eigenvalue weighted by Crippen LogP contribution is -2.52. The first kappa shape index (κ1) is 22.6. The molecule has 8 heteroatoms. The zero-order valence-corrected chi connectivity index (χ0v) is 20.2. The van der Waals surface area contributed by atoms with Gasteiger partial charge in [-0.3, -0.25) is 9.69 Å². The highest BCUT2D eigenvalue weighted by Crippen LogP contribution is 2.33. The van der Waals surface area contributed by atoms with Crippen LogP contribution in [-0.4, -0.2) is 56.9 Å². The van der Waals surface area contributed by atoms with Gasteiger partial charge in [-0.15, -0.1) is 11.3 Å². The van der Waals surface area contributed by atoms with Gasteiger partial charge in [-0.1, -0.05) is 6.07 Å². The lowest BCUT2D eigenvalue weighted by Gasteiger charge is -2.42. The van der Waals surface area contributed by atoms with Crippen molar-refractivity contribution in [3.8, 4) is 17.2 Å². The largest absolute Gasteiger partial charge is 0.497 e. The van der Waals surface area contributed by atoms with Gasteiger partial charge in [0.1, 0.15) is 5.75 Å². The van der Waals surface area contributed by atoms with E-state index in [0.717, 1.165) is 31.9 Å². The van der Waals surface area contributed by atoms with Crippen LogP contribution in [0.4, 0.5) is 5.69 Å². The van der Waals surface area contributed by atoms with Gasteiger partial charge in [0.15, 0.2) is 11.5 Å². The molecule has 0 aliphatic carbocycles. The van der Waals surface area contributed by atoms with Gasteiger partial charge < -0.3 is 24.4 Å². The highest BCUT2D eigenvalue weighted by atomic mass is 32.1. The summed E-state index contributed by atoms with van der Waals surface area (Å²) < 4.78 is 16.1. The first-order chi connectivity index (χ1) is 16.6. The van der Waals surface area contributed by atoms with Crippen molar-refractivity contribution in [1.29, 1.82) is 0 Å². The Morgan fingerprint density at radius 1 is 1.03 bits per heavy atom. The zero-order valence-electron chi connectivity index (χ0n) is 19.4. The summed E-state index contributed by atoms with van der Waals surface area (Å²) in [7, 11) is 1.69. The minimum atomic E-state index is -0.107. The molecule has 2 atom stereocenters. The van der Waals surface area contributed by atoms with Gasteiger partial charge in [0, 0.05) is 48.3 Å². The number of carbonyl (C=O) groups excluding carboxylic acids is 1. The summed E-state index contributed by atoms with van der Waals surface area (Å²) in [6.07, 6.45) is 0. The quantitative estimate of drug-likeness (QED) is 0.549. The molecule has 1 amide bonds. The van der Waals surface area contributed by atoms with Crippen molar-refractivity contribution in [3.05, 3.63) is 70.4 Å². The summed E-state index contributed by atoms with van der Waals surface area (Å²) in [5.41, 5.74) is 1.78. The van der Waals surface area contributed by atoms with Gasteiger partial charge >= 0.3 is 0 Å². The van der Waals surface area contributed by atoms with Gasteiger partial charge in [-0.05, 0) is 60.8 Å². The second-order valence-corrected chi connectivity index (χ2v) is 9.49. The lowest BCUT2D eigenvalue weighted by atomic mass is 10.0. The van der Waals surface area contributed by atoms with E-state index in [1.165, 1.54) is 10.6 Å². The molecule has 0 spiro atoms. The van der Waals surface area contributed by atoms with Crippen LogP contribution < -0.4 is 24.4 Å². The second kappa shape index (κ2) is 9.95. The SMILES string of the molecule is COc1ccc(N2CCN([C@H](c3cccs3)[C@H](C)NC(=O)c3ccc4c(c3)OCO4)CC2)cc1. The molecule has 5 rings (SSSR count). The van der Waals surface area contributed by atoms with Gasteiger partial charge in [0.05, 0.1) is 13.2 Å². The average Bonchev–Trinajstić information content (AvgIpc) is 3.56. The van der Waals surface area contributed by atoms with Crippen LogP contribution in [0.1, 0.15) is 28.2 Å². The lowest BCUT2D eigenvalue weighted by molar-refractivity contribution is 0.0890. The van der Waals surface area contributed by atoms with Gasteiger partial charge in [0.25, 0.3) is 5.91 Å². The van der Waals surface area contributed by atoms with E-state index in [2.05, 4.69) is 51.7 Å². The van der Waals surface area contributed by atoms with Crippen molar-refractivity contribution in [2.75, 3.05) is 45.0 Å². The van der Waals surface area contributed by atoms with E-state index in [-0.39, 0.29) is 24.8 Å². The van der Waals surface area contributed by atoms with Crippen molar-refractivity contribution in [2.24, 2.45) is 0 Å². The molecule has 1 aromatic heterocycles. The fourth-order valence-corrected chi connectivity index (χ4v) is 5.62. The predicted molar refractivity (Wildman–Crippen MR) is 133 cm³/mol. The van der Waals surface area contributed by atoms with Gasteiger partial charge in [-0.2, -0.15) is 0 Å². The molecular weight excluding hydrogens is 450 g/mol. The van der Waals surface area contributed by atoms with E-state index in [0.29, 0.717) is 17.1 Å². The third-order valence-corrected chi connectivity index (χ3v) is 7.39. The summed E-state index contributed by atoms with van der Waals surface area (Å²) in [5.74, 6) is 2.05. The maximum Gasteiger partial charge on any atom is 0.251 e. The molecule has 3 heterocycles. The summed E-state index contributed by atoms with van der Waals surface area (Å²) in [6, 6.07) is 17.8. The zero-order chi connectivity index (χ0) is 23.5. The fourth-order valence-electron chi connectivity index (χ4n) is 4.66. The van der Waals surface area contributed by atoms with Crippen LogP contribution in [0.5, 0.6) is 17.2 Å². The minimum Gasteiger partial charge on any atom is -0.497 e. The molecule has 1 fully saturated rings. The number of methoxy groups -OCH3 is 1. The first-order valence-electron chi connectivity index (χ1n) is 11.5. The molecule has 1 saturated heterocycles. The Morgan fingerprint density at radius 2 is 1.79 bits per heavy atom. The van der Waals surface area contributed by atoms with Gasteiger partial charge in [-0.25, -0.2) is 0 Å². The number of fused-ring (bicyclic) bond motifs is 1. The predicted octanol–water partition coefficient (Wildman–Crippen LogP) is 4.17. The third kappa shape index (κ3) is 4.69. The van der Waals surface area contributed by atoms with Gasteiger partial charge in [0.2, 0.25) is 6.79 Å². The van der Waals surface area contributed by atoms with Crippen LogP contribution in [-0.2, 0) is 0 Å². The maximum atomic E-state index is 13.1. The van der Waals surface area contributed by atoms with Crippen molar-refractivity contribution >= 4 is 22.9 Å². The number of thiophene rings is 1. The molecule has 178 valence electrons. The van der Waals surface area contributed by atoms with Crippen LogP contribution in [0.25, 0.3) is 0 Å². The fraction of sp³-hybridized carbons (Fsp3) is 0.346. The van der Waals surface area contributed by atoms with E-state index in [4.69, 9.17) is 14.2 Å².